The SMILES string of the molecule is Nc1ccc(F)c(F)c1NC(CO)(CO)CO. The van der Waals surface area contributed by atoms with Crippen LogP contribution in [0.15, 0.2) is 12.1 Å². The predicted molar refractivity (Wildman–Crippen MR) is 58.4 cm³/mol. The Bertz CT molecular complexity index is 389. The van der Waals surface area contributed by atoms with Crippen LogP contribution in [-0.2, 0) is 0 Å². The summed E-state index contributed by atoms with van der Waals surface area (Å²) in [5, 5.41) is 29.5. The fourth-order valence-electron chi connectivity index (χ4n) is 1.23. The van der Waals surface area contributed by atoms with Crippen LogP contribution in [0.2, 0.25) is 0 Å². The monoisotopic (exact) mass is 248 g/mol. The molecule has 0 fully saturated rings. The summed E-state index contributed by atoms with van der Waals surface area (Å²) in [5.41, 5.74) is 3.39. The summed E-state index contributed by atoms with van der Waals surface area (Å²) in [6.45, 7) is -2.01. The van der Waals surface area contributed by atoms with Crippen molar-refractivity contribution in [2.45, 2.75) is 5.54 Å². The number of anilines is 2. The maximum absolute atomic E-state index is 13.4. The summed E-state index contributed by atoms with van der Waals surface area (Å²) in [5.74, 6) is -2.35. The molecular formula is C10H14F2N2O3. The first-order valence-corrected chi connectivity index (χ1v) is 4.84. The first-order chi connectivity index (χ1) is 7.99. The van der Waals surface area contributed by atoms with E-state index in [1.807, 2.05) is 0 Å². The highest BCUT2D eigenvalue weighted by Gasteiger charge is 2.30. The standard InChI is InChI=1S/C10H14F2N2O3/c11-6-1-2-7(13)9(8(6)12)14-10(3-15,4-16)5-17/h1-2,14-17H,3-5,13H2. The lowest BCUT2D eigenvalue weighted by Crippen LogP contribution is -2.49. The quantitative estimate of drug-likeness (QED) is 0.460. The van der Waals surface area contributed by atoms with Crippen molar-refractivity contribution < 1.29 is 24.1 Å². The number of nitrogens with one attached hydrogen (secondary N) is 1. The first-order valence-electron chi connectivity index (χ1n) is 4.84. The Morgan fingerprint density at radius 3 is 2.12 bits per heavy atom. The Morgan fingerprint density at radius 2 is 1.65 bits per heavy atom. The van der Waals surface area contributed by atoms with Crippen molar-refractivity contribution in [2.24, 2.45) is 0 Å². The van der Waals surface area contributed by atoms with Crippen molar-refractivity contribution in [3.63, 3.8) is 0 Å². The van der Waals surface area contributed by atoms with Gasteiger partial charge in [-0.2, -0.15) is 0 Å². The lowest BCUT2D eigenvalue weighted by molar-refractivity contribution is 0.0831. The van der Waals surface area contributed by atoms with E-state index in [1.165, 1.54) is 0 Å². The summed E-state index contributed by atoms with van der Waals surface area (Å²) < 4.78 is 26.4. The molecule has 0 saturated carbocycles. The maximum atomic E-state index is 13.4. The molecule has 1 aromatic rings. The molecule has 0 aliphatic rings. The molecule has 7 heteroatoms. The van der Waals surface area contributed by atoms with Gasteiger partial charge in [0.2, 0.25) is 0 Å². The maximum Gasteiger partial charge on any atom is 0.183 e. The van der Waals surface area contributed by atoms with E-state index in [1.54, 1.807) is 0 Å². The van der Waals surface area contributed by atoms with Crippen LogP contribution in [0.4, 0.5) is 20.2 Å². The largest absolute Gasteiger partial charge is 0.397 e. The van der Waals surface area contributed by atoms with Gasteiger partial charge in [0.1, 0.15) is 5.54 Å². The molecule has 0 unspecified atom stereocenters. The Morgan fingerprint density at radius 1 is 1.12 bits per heavy atom. The third kappa shape index (κ3) is 2.63. The van der Waals surface area contributed by atoms with Crippen LogP contribution in [0.25, 0.3) is 0 Å². The van der Waals surface area contributed by atoms with Crippen LogP contribution in [0, 0.1) is 11.6 Å². The van der Waals surface area contributed by atoms with Gasteiger partial charge in [-0.3, -0.25) is 0 Å². The number of aliphatic hydroxyl groups excluding tert-OH is 3. The topological polar surface area (TPSA) is 98.7 Å². The molecule has 0 aliphatic carbocycles. The van der Waals surface area contributed by atoms with Crippen LogP contribution in [0.1, 0.15) is 0 Å². The van der Waals surface area contributed by atoms with Gasteiger partial charge in [0.25, 0.3) is 0 Å². The van der Waals surface area contributed by atoms with Gasteiger partial charge in [-0.15, -0.1) is 0 Å². The molecular weight excluding hydrogens is 234 g/mol. The minimum absolute atomic E-state index is 0.0939. The third-order valence-corrected chi connectivity index (χ3v) is 2.43. The number of nitrogens with two attached hydrogens (primary N) is 1. The molecule has 96 valence electrons. The molecule has 0 saturated heterocycles. The van der Waals surface area contributed by atoms with E-state index in [9.17, 15) is 8.78 Å². The number of rotatable bonds is 5. The van der Waals surface area contributed by atoms with Crippen molar-refractivity contribution in [3.05, 3.63) is 23.8 Å². The minimum Gasteiger partial charge on any atom is -0.397 e. The molecule has 0 spiro atoms. The van der Waals surface area contributed by atoms with Gasteiger partial charge >= 0.3 is 0 Å². The normalized spacial score (nSPS) is 11.6. The summed E-state index contributed by atoms with van der Waals surface area (Å²) in [7, 11) is 0. The van der Waals surface area contributed by atoms with Gasteiger partial charge in [-0.1, -0.05) is 0 Å². The third-order valence-electron chi connectivity index (χ3n) is 2.43. The summed E-state index contributed by atoms with van der Waals surface area (Å²) in [6, 6.07) is 1.99. The molecule has 0 heterocycles. The van der Waals surface area contributed by atoms with E-state index < -0.39 is 42.7 Å². The average Bonchev–Trinajstić information content (AvgIpc) is 2.36. The number of benzene rings is 1. The molecule has 0 aromatic heterocycles. The summed E-state index contributed by atoms with van der Waals surface area (Å²) in [6.07, 6.45) is 0. The van der Waals surface area contributed by atoms with Crippen molar-refractivity contribution in [1.82, 2.24) is 0 Å². The molecule has 1 rings (SSSR count). The lowest BCUT2D eigenvalue weighted by Gasteiger charge is -2.30. The zero-order chi connectivity index (χ0) is 13.1. The molecule has 0 amide bonds. The first kappa shape index (κ1) is 13.6. The van der Waals surface area contributed by atoms with Gasteiger partial charge < -0.3 is 26.4 Å². The number of hydrogen-bond acceptors (Lipinski definition) is 5. The van der Waals surface area contributed by atoms with Crippen LogP contribution in [0.3, 0.4) is 0 Å². The van der Waals surface area contributed by atoms with Gasteiger partial charge in [-0.05, 0) is 12.1 Å². The fraction of sp³-hybridized carbons (Fsp3) is 0.400. The van der Waals surface area contributed by atoms with Gasteiger partial charge in [0.05, 0.1) is 31.2 Å². The number of hydrogen-bond donors (Lipinski definition) is 5. The van der Waals surface area contributed by atoms with E-state index in [4.69, 9.17) is 21.1 Å². The van der Waals surface area contributed by atoms with Gasteiger partial charge in [0.15, 0.2) is 11.6 Å². The number of halogens is 2. The predicted octanol–water partition coefficient (Wildman–Crippen LogP) is -0.325. The van der Waals surface area contributed by atoms with Crippen LogP contribution in [0.5, 0.6) is 0 Å². The molecule has 0 aliphatic heterocycles. The van der Waals surface area contributed by atoms with Crippen molar-refractivity contribution >= 4 is 11.4 Å². The molecule has 0 bridgehead atoms. The van der Waals surface area contributed by atoms with Crippen LogP contribution in [-0.4, -0.2) is 40.7 Å². The fourth-order valence-corrected chi connectivity index (χ4v) is 1.23. The van der Waals surface area contributed by atoms with Crippen LogP contribution < -0.4 is 11.1 Å². The second kappa shape index (κ2) is 5.26. The van der Waals surface area contributed by atoms with E-state index in [2.05, 4.69) is 5.32 Å². The van der Waals surface area contributed by atoms with Crippen molar-refractivity contribution in [2.75, 3.05) is 30.9 Å². The van der Waals surface area contributed by atoms with Crippen LogP contribution >= 0.6 is 0 Å². The molecule has 6 N–H and O–H groups in total. The lowest BCUT2D eigenvalue weighted by atomic mass is 10.0. The van der Waals surface area contributed by atoms with Crippen molar-refractivity contribution in [1.29, 1.82) is 0 Å². The Labute approximate surface area is 96.5 Å². The van der Waals surface area contributed by atoms with E-state index >= 15 is 0 Å². The number of aliphatic hydroxyl groups is 3. The second-order valence-electron chi connectivity index (χ2n) is 3.71. The zero-order valence-corrected chi connectivity index (χ0v) is 8.95. The summed E-state index contributed by atoms with van der Waals surface area (Å²) in [4.78, 5) is 0. The molecule has 0 radical (unpaired) electrons. The van der Waals surface area contributed by atoms with E-state index in [0.717, 1.165) is 12.1 Å². The minimum atomic E-state index is -1.57. The Balaban J connectivity index is 3.13. The second-order valence-corrected chi connectivity index (χ2v) is 3.71. The number of nitrogen functional groups attached to an aromatic ring is 1. The van der Waals surface area contributed by atoms with E-state index in [0.29, 0.717) is 0 Å². The highest BCUT2D eigenvalue weighted by atomic mass is 19.2. The molecule has 1 aromatic carbocycles. The molecule has 5 nitrogen and oxygen atoms in total. The van der Waals surface area contributed by atoms with Crippen molar-refractivity contribution in [3.8, 4) is 0 Å². The van der Waals surface area contributed by atoms with Gasteiger partial charge in [-0.25, -0.2) is 8.78 Å². The Hall–Kier alpha value is -1.44. The molecule has 0 atom stereocenters. The highest BCUT2D eigenvalue weighted by Crippen LogP contribution is 2.27. The highest BCUT2D eigenvalue weighted by molar-refractivity contribution is 5.68. The zero-order valence-electron chi connectivity index (χ0n) is 8.95. The summed E-state index contributed by atoms with van der Waals surface area (Å²) >= 11 is 0. The average molecular weight is 248 g/mol. The van der Waals surface area contributed by atoms with E-state index in [-0.39, 0.29) is 5.69 Å². The smallest absolute Gasteiger partial charge is 0.183 e. The van der Waals surface area contributed by atoms with Gasteiger partial charge in [0, 0.05) is 0 Å². The molecule has 17 heavy (non-hydrogen) atoms. The Kier molecular flexibility index (Phi) is 4.22.